The second-order valence-corrected chi connectivity index (χ2v) is 9.18. The zero-order valence-corrected chi connectivity index (χ0v) is 19.6. The molecule has 1 N–H and O–H groups in total. The van der Waals surface area contributed by atoms with Crippen LogP contribution < -0.4 is 10.2 Å². The molecule has 0 aliphatic carbocycles. The van der Waals surface area contributed by atoms with Crippen LogP contribution in [-0.4, -0.2) is 71.4 Å². The lowest BCUT2D eigenvalue weighted by Crippen LogP contribution is -2.58. The number of hydrazine groups is 1. The number of hydrogen-bond donors (Lipinski definition) is 1. The molecule has 2 saturated heterocycles. The summed E-state index contributed by atoms with van der Waals surface area (Å²) in [6, 6.07) is 9.85. The number of rotatable bonds is 4. The van der Waals surface area contributed by atoms with E-state index in [-0.39, 0.29) is 24.1 Å². The van der Waals surface area contributed by atoms with Gasteiger partial charge < -0.3 is 4.90 Å². The van der Waals surface area contributed by atoms with E-state index in [4.69, 9.17) is 23.2 Å². The number of amides is 5. The van der Waals surface area contributed by atoms with Crippen molar-refractivity contribution in [1.29, 1.82) is 0 Å². The molecule has 2 fully saturated rings. The van der Waals surface area contributed by atoms with Crippen molar-refractivity contribution >= 4 is 52.6 Å². The third-order valence-corrected chi connectivity index (χ3v) is 6.84. The first-order valence-corrected chi connectivity index (χ1v) is 11.6. The smallest absolute Gasteiger partial charge is 0.343 e. The number of piperazine rings is 1. The van der Waals surface area contributed by atoms with Crippen LogP contribution in [0.15, 0.2) is 36.4 Å². The second kappa shape index (κ2) is 8.90. The van der Waals surface area contributed by atoms with E-state index in [2.05, 4.69) is 15.1 Å². The first-order chi connectivity index (χ1) is 16.3. The number of para-hydroxylation sites is 1. The third-order valence-electron chi connectivity index (χ3n) is 6.23. The second-order valence-electron chi connectivity index (χ2n) is 8.36. The van der Waals surface area contributed by atoms with E-state index in [9.17, 15) is 19.2 Å². The first kappa shape index (κ1) is 22.6. The number of carbonyl (C=O) groups is 4. The average molecular weight is 502 g/mol. The molecule has 0 spiro atoms. The van der Waals surface area contributed by atoms with Gasteiger partial charge in [0.2, 0.25) is 5.91 Å². The standard InChI is InChI=1S/C23H21Cl2N5O4/c24-17-2-1-3-18(25)20(17)28-10-8-27(9-11-28)13-14-4-5-15-16(12-14)22(33)30(21(15)32)29-7-6-19(31)26-23(29)34/h1-5,12H,6-11,13H2,(H,26,31,34). The van der Waals surface area contributed by atoms with Crippen molar-refractivity contribution in [3.63, 3.8) is 0 Å². The largest absolute Gasteiger partial charge is 0.367 e. The molecule has 0 unspecified atom stereocenters. The van der Waals surface area contributed by atoms with Crippen LogP contribution in [0, 0.1) is 0 Å². The highest BCUT2D eigenvalue weighted by Crippen LogP contribution is 2.34. The molecular weight excluding hydrogens is 481 g/mol. The van der Waals surface area contributed by atoms with Gasteiger partial charge in [0.25, 0.3) is 11.8 Å². The van der Waals surface area contributed by atoms with Crippen LogP contribution in [0.3, 0.4) is 0 Å². The molecule has 5 amide bonds. The summed E-state index contributed by atoms with van der Waals surface area (Å²) in [5.41, 5.74) is 2.24. The average Bonchev–Trinajstić information content (AvgIpc) is 3.05. The molecule has 0 saturated carbocycles. The number of anilines is 1. The Labute approximate surface area is 205 Å². The summed E-state index contributed by atoms with van der Waals surface area (Å²) >= 11 is 12.7. The number of benzene rings is 2. The van der Waals surface area contributed by atoms with E-state index in [0.717, 1.165) is 47.4 Å². The van der Waals surface area contributed by atoms with Gasteiger partial charge in [-0.2, -0.15) is 5.01 Å². The lowest BCUT2D eigenvalue weighted by atomic mass is 10.1. The molecular formula is C23H21Cl2N5O4. The van der Waals surface area contributed by atoms with Gasteiger partial charge in [-0.15, -0.1) is 0 Å². The van der Waals surface area contributed by atoms with Gasteiger partial charge in [0.05, 0.1) is 33.4 Å². The molecule has 9 nitrogen and oxygen atoms in total. The van der Waals surface area contributed by atoms with E-state index >= 15 is 0 Å². The van der Waals surface area contributed by atoms with E-state index in [1.165, 1.54) is 0 Å². The van der Waals surface area contributed by atoms with Crippen molar-refractivity contribution < 1.29 is 19.2 Å². The van der Waals surface area contributed by atoms with Gasteiger partial charge in [-0.25, -0.2) is 9.80 Å². The zero-order chi connectivity index (χ0) is 24.0. The van der Waals surface area contributed by atoms with Crippen molar-refractivity contribution in [2.24, 2.45) is 0 Å². The number of carbonyl (C=O) groups excluding carboxylic acids is 4. The summed E-state index contributed by atoms with van der Waals surface area (Å²) < 4.78 is 0. The summed E-state index contributed by atoms with van der Waals surface area (Å²) in [6.07, 6.45) is 0.0236. The highest BCUT2D eigenvalue weighted by Gasteiger charge is 2.43. The summed E-state index contributed by atoms with van der Waals surface area (Å²) in [7, 11) is 0. The van der Waals surface area contributed by atoms with Crippen molar-refractivity contribution in [3.05, 3.63) is 63.1 Å². The van der Waals surface area contributed by atoms with E-state index < -0.39 is 23.8 Å². The monoisotopic (exact) mass is 501 g/mol. The van der Waals surface area contributed by atoms with Crippen LogP contribution >= 0.6 is 23.2 Å². The zero-order valence-electron chi connectivity index (χ0n) is 18.1. The number of fused-ring (bicyclic) bond motifs is 1. The van der Waals surface area contributed by atoms with Crippen LogP contribution in [0.2, 0.25) is 10.0 Å². The highest BCUT2D eigenvalue weighted by atomic mass is 35.5. The van der Waals surface area contributed by atoms with Crippen LogP contribution in [0.1, 0.15) is 32.7 Å². The molecule has 5 rings (SSSR count). The minimum Gasteiger partial charge on any atom is -0.367 e. The number of hydrogen-bond acceptors (Lipinski definition) is 6. The molecule has 0 aromatic heterocycles. The Morgan fingerprint density at radius 1 is 0.824 bits per heavy atom. The van der Waals surface area contributed by atoms with Crippen molar-refractivity contribution in [3.8, 4) is 0 Å². The molecule has 3 aliphatic heterocycles. The molecule has 2 aromatic carbocycles. The summed E-state index contributed by atoms with van der Waals surface area (Å²) in [5, 5.41) is 5.20. The molecule has 3 aliphatic rings. The summed E-state index contributed by atoms with van der Waals surface area (Å²) in [6.45, 7) is 3.64. The quantitative estimate of drug-likeness (QED) is 0.647. The topological polar surface area (TPSA) is 93.3 Å². The number of halogens is 2. The Morgan fingerprint density at radius 3 is 2.18 bits per heavy atom. The van der Waals surface area contributed by atoms with Crippen molar-refractivity contribution in [2.45, 2.75) is 13.0 Å². The Morgan fingerprint density at radius 2 is 1.50 bits per heavy atom. The number of nitrogens with one attached hydrogen (secondary N) is 1. The van der Waals surface area contributed by atoms with Gasteiger partial charge in [0.1, 0.15) is 0 Å². The van der Waals surface area contributed by atoms with E-state index in [1.807, 2.05) is 24.3 Å². The predicted octanol–water partition coefficient (Wildman–Crippen LogP) is 2.77. The van der Waals surface area contributed by atoms with Gasteiger partial charge in [0, 0.05) is 39.1 Å². The third kappa shape index (κ3) is 4.00. The Kier molecular flexibility index (Phi) is 5.93. The molecule has 34 heavy (non-hydrogen) atoms. The van der Waals surface area contributed by atoms with Crippen molar-refractivity contribution in [1.82, 2.24) is 20.2 Å². The van der Waals surface area contributed by atoms with Gasteiger partial charge in [-0.05, 0) is 29.8 Å². The van der Waals surface area contributed by atoms with Crippen molar-refractivity contribution in [2.75, 3.05) is 37.6 Å². The predicted molar refractivity (Wildman–Crippen MR) is 126 cm³/mol. The maximum atomic E-state index is 13.0. The molecule has 0 bridgehead atoms. The summed E-state index contributed by atoms with van der Waals surface area (Å²) in [5.74, 6) is -1.57. The maximum absolute atomic E-state index is 13.0. The lowest BCUT2D eigenvalue weighted by Gasteiger charge is -2.37. The minimum absolute atomic E-state index is 0.0236. The van der Waals surface area contributed by atoms with Crippen LogP contribution in [-0.2, 0) is 11.3 Å². The van der Waals surface area contributed by atoms with Gasteiger partial charge in [0.15, 0.2) is 0 Å². The fourth-order valence-electron chi connectivity index (χ4n) is 4.52. The SMILES string of the molecule is O=C1CCN(N2C(=O)c3ccc(CN4CCN(c5c(Cl)cccc5Cl)CC4)cc3C2=O)C(=O)N1. The lowest BCUT2D eigenvalue weighted by molar-refractivity contribution is -0.122. The first-order valence-electron chi connectivity index (χ1n) is 10.9. The van der Waals surface area contributed by atoms with Crippen LogP contribution in [0.4, 0.5) is 10.5 Å². The highest BCUT2D eigenvalue weighted by molar-refractivity contribution is 6.39. The number of imide groups is 2. The molecule has 2 aromatic rings. The Balaban J connectivity index is 1.26. The number of nitrogens with zero attached hydrogens (tertiary/aromatic N) is 4. The Bertz CT molecular complexity index is 1190. The van der Waals surface area contributed by atoms with Gasteiger partial charge in [-0.1, -0.05) is 35.3 Å². The Hall–Kier alpha value is -3.14. The fraction of sp³-hybridized carbons (Fsp3) is 0.304. The van der Waals surface area contributed by atoms with Gasteiger partial charge >= 0.3 is 6.03 Å². The normalized spacial score (nSPS) is 19.1. The number of urea groups is 1. The molecule has 0 atom stereocenters. The maximum Gasteiger partial charge on any atom is 0.343 e. The van der Waals surface area contributed by atoms with Gasteiger partial charge in [-0.3, -0.25) is 24.6 Å². The minimum atomic E-state index is -0.775. The molecule has 11 heteroatoms. The van der Waals surface area contributed by atoms with E-state index in [0.29, 0.717) is 16.6 Å². The summed E-state index contributed by atoms with van der Waals surface area (Å²) in [4.78, 5) is 53.8. The molecule has 3 heterocycles. The molecule has 176 valence electrons. The fourth-order valence-corrected chi connectivity index (χ4v) is 5.15. The van der Waals surface area contributed by atoms with Crippen LogP contribution in [0.25, 0.3) is 0 Å². The van der Waals surface area contributed by atoms with E-state index in [1.54, 1.807) is 12.1 Å². The molecule has 0 radical (unpaired) electrons. The van der Waals surface area contributed by atoms with Crippen LogP contribution in [0.5, 0.6) is 0 Å².